The van der Waals surface area contributed by atoms with Crippen molar-refractivity contribution in [3.8, 4) is 23.3 Å². The van der Waals surface area contributed by atoms with E-state index in [0.717, 1.165) is 0 Å². The molecule has 0 aliphatic carbocycles. The highest BCUT2D eigenvalue weighted by molar-refractivity contribution is 14.1. The van der Waals surface area contributed by atoms with E-state index in [0.29, 0.717) is 20.6 Å². The number of ether oxygens (including phenoxy) is 2. The summed E-state index contributed by atoms with van der Waals surface area (Å²) in [7, 11) is 2.93. The van der Waals surface area contributed by atoms with Crippen molar-refractivity contribution in [2.24, 2.45) is 0 Å². The molecule has 25 heavy (non-hydrogen) atoms. The van der Waals surface area contributed by atoms with Crippen molar-refractivity contribution in [2.45, 2.75) is 0 Å². The molecule has 0 bridgehead atoms. The first-order chi connectivity index (χ1) is 12.0. The third-order valence-electron chi connectivity index (χ3n) is 3.30. The van der Waals surface area contributed by atoms with Crippen LogP contribution in [0.15, 0.2) is 42.0 Å². The number of nitrogens with one attached hydrogen (secondary N) is 1. The SMILES string of the molecule is COc1ccccc1NC(=O)/C(C#N)=C/c1cc(I)c(O)c(OC)c1. The van der Waals surface area contributed by atoms with E-state index in [4.69, 9.17) is 9.47 Å². The molecule has 2 aromatic rings. The van der Waals surface area contributed by atoms with Gasteiger partial charge in [-0.3, -0.25) is 4.79 Å². The van der Waals surface area contributed by atoms with Crippen molar-refractivity contribution in [3.05, 3.63) is 51.1 Å². The molecule has 0 saturated carbocycles. The number of carbonyl (C=O) groups is 1. The third-order valence-corrected chi connectivity index (χ3v) is 4.12. The summed E-state index contributed by atoms with van der Waals surface area (Å²) < 4.78 is 10.8. The van der Waals surface area contributed by atoms with Crippen LogP contribution in [0.3, 0.4) is 0 Å². The second kappa shape index (κ2) is 8.39. The maximum Gasteiger partial charge on any atom is 0.266 e. The molecule has 0 atom stereocenters. The normalized spacial score (nSPS) is 10.7. The Hall–Kier alpha value is -2.73. The van der Waals surface area contributed by atoms with E-state index in [-0.39, 0.29) is 17.1 Å². The molecule has 2 aromatic carbocycles. The van der Waals surface area contributed by atoms with Gasteiger partial charge >= 0.3 is 0 Å². The molecule has 0 spiro atoms. The molecule has 0 fully saturated rings. The Bertz CT molecular complexity index is 872. The zero-order chi connectivity index (χ0) is 18.4. The fraction of sp³-hybridized carbons (Fsp3) is 0.111. The number of carbonyl (C=O) groups excluding carboxylic acids is 1. The van der Waals surface area contributed by atoms with Crippen molar-refractivity contribution in [1.82, 2.24) is 0 Å². The Morgan fingerprint density at radius 2 is 1.92 bits per heavy atom. The smallest absolute Gasteiger partial charge is 0.266 e. The average molecular weight is 450 g/mol. The minimum absolute atomic E-state index is 0.0113. The Balaban J connectivity index is 2.33. The molecule has 1 amide bonds. The quantitative estimate of drug-likeness (QED) is 0.413. The number of methoxy groups -OCH3 is 2. The van der Waals surface area contributed by atoms with Gasteiger partial charge in [0.2, 0.25) is 0 Å². The summed E-state index contributed by atoms with van der Waals surface area (Å²) in [6.07, 6.45) is 1.43. The predicted octanol–water partition coefficient (Wildman–Crippen LogP) is 3.56. The van der Waals surface area contributed by atoms with Crippen LogP contribution in [-0.4, -0.2) is 25.2 Å². The van der Waals surface area contributed by atoms with Crippen molar-refractivity contribution >= 4 is 40.3 Å². The monoisotopic (exact) mass is 450 g/mol. The summed E-state index contributed by atoms with van der Waals surface area (Å²) in [4.78, 5) is 12.4. The number of anilines is 1. The molecule has 2 N–H and O–H groups in total. The molecule has 0 saturated heterocycles. The second-order valence-corrected chi connectivity index (χ2v) is 6.04. The van der Waals surface area contributed by atoms with Gasteiger partial charge in [-0.15, -0.1) is 0 Å². The standard InChI is InChI=1S/C18H15IN2O4/c1-24-15-6-4-3-5-14(15)21-18(23)12(10-20)7-11-8-13(19)17(22)16(9-11)25-2/h3-9,22H,1-2H3,(H,21,23)/b12-7+. The number of hydrogen-bond acceptors (Lipinski definition) is 5. The molecule has 0 aliphatic rings. The number of para-hydroxylation sites is 2. The van der Waals surface area contributed by atoms with Crippen LogP contribution in [0.25, 0.3) is 6.08 Å². The Morgan fingerprint density at radius 3 is 2.56 bits per heavy atom. The molecule has 0 heterocycles. The fourth-order valence-corrected chi connectivity index (χ4v) is 2.71. The van der Waals surface area contributed by atoms with E-state index in [1.807, 2.05) is 28.7 Å². The minimum atomic E-state index is -0.561. The molecule has 0 radical (unpaired) electrons. The molecule has 7 heteroatoms. The van der Waals surface area contributed by atoms with Gasteiger partial charge in [0.1, 0.15) is 17.4 Å². The highest BCUT2D eigenvalue weighted by Crippen LogP contribution is 2.33. The summed E-state index contributed by atoms with van der Waals surface area (Å²) in [5.41, 5.74) is 0.939. The van der Waals surface area contributed by atoms with Crippen LogP contribution in [-0.2, 0) is 4.79 Å². The lowest BCUT2D eigenvalue weighted by atomic mass is 10.1. The summed E-state index contributed by atoms with van der Waals surface area (Å²) in [6, 6.07) is 12.0. The Kier molecular flexibility index (Phi) is 6.25. The highest BCUT2D eigenvalue weighted by Gasteiger charge is 2.14. The summed E-state index contributed by atoms with van der Waals surface area (Å²) in [5.74, 6) is 0.209. The molecule has 0 aromatic heterocycles. The van der Waals surface area contributed by atoms with E-state index in [2.05, 4.69) is 5.32 Å². The molecule has 6 nitrogen and oxygen atoms in total. The first kappa shape index (κ1) is 18.6. The summed E-state index contributed by atoms with van der Waals surface area (Å²) >= 11 is 1.94. The van der Waals surface area contributed by atoms with E-state index in [9.17, 15) is 15.2 Å². The van der Waals surface area contributed by atoms with Crippen molar-refractivity contribution < 1.29 is 19.4 Å². The lowest BCUT2D eigenvalue weighted by molar-refractivity contribution is -0.112. The van der Waals surface area contributed by atoms with Crippen LogP contribution in [0.4, 0.5) is 5.69 Å². The van der Waals surface area contributed by atoms with Crippen molar-refractivity contribution in [2.75, 3.05) is 19.5 Å². The first-order valence-electron chi connectivity index (χ1n) is 7.12. The predicted molar refractivity (Wildman–Crippen MR) is 103 cm³/mol. The molecule has 0 unspecified atom stereocenters. The van der Waals surface area contributed by atoms with Gasteiger partial charge in [0, 0.05) is 0 Å². The van der Waals surface area contributed by atoms with Gasteiger partial charge in [0.15, 0.2) is 11.5 Å². The van der Waals surface area contributed by atoms with Crippen LogP contribution in [0.5, 0.6) is 17.2 Å². The van der Waals surface area contributed by atoms with Crippen molar-refractivity contribution in [1.29, 1.82) is 5.26 Å². The molecular weight excluding hydrogens is 435 g/mol. The first-order valence-corrected chi connectivity index (χ1v) is 8.20. The molecule has 2 rings (SSSR count). The zero-order valence-corrected chi connectivity index (χ0v) is 15.7. The van der Waals surface area contributed by atoms with E-state index in [1.54, 1.807) is 36.4 Å². The minimum Gasteiger partial charge on any atom is -0.504 e. The lowest BCUT2D eigenvalue weighted by Gasteiger charge is -2.10. The number of hydrogen-bond donors (Lipinski definition) is 2. The molecular formula is C18H15IN2O4. The topological polar surface area (TPSA) is 91.6 Å². The summed E-state index contributed by atoms with van der Waals surface area (Å²) in [6.45, 7) is 0. The van der Waals surface area contributed by atoms with E-state index in [1.165, 1.54) is 20.3 Å². The van der Waals surface area contributed by atoms with Crippen LogP contribution >= 0.6 is 22.6 Å². The number of phenols is 1. The Labute approximate surface area is 158 Å². The van der Waals surface area contributed by atoms with Gasteiger partial charge in [-0.2, -0.15) is 5.26 Å². The summed E-state index contributed by atoms with van der Waals surface area (Å²) in [5, 5.41) is 21.8. The average Bonchev–Trinajstić information content (AvgIpc) is 2.62. The van der Waals surface area contributed by atoms with E-state index >= 15 is 0 Å². The van der Waals surface area contributed by atoms with Crippen molar-refractivity contribution in [3.63, 3.8) is 0 Å². The number of benzene rings is 2. The zero-order valence-electron chi connectivity index (χ0n) is 13.5. The van der Waals surface area contributed by atoms with Crippen LogP contribution in [0, 0.1) is 14.9 Å². The number of aromatic hydroxyl groups is 1. The largest absolute Gasteiger partial charge is 0.504 e. The Morgan fingerprint density at radius 1 is 1.24 bits per heavy atom. The second-order valence-electron chi connectivity index (χ2n) is 4.88. The molecule has 128 valence electrons. The number of amides is 1. The number of nitriles is 1. The third kappa shape index (κ3) is 4.42. The number of halogens is 1. The van der Waals surface area contributed by atoms with Gasteiger partial charge in [-0.1, -0.05) is 12.1 Å². The maximum absolute atomic E-state index is 12.4. The van der Waals surface area contributed by atoms with Gasteiger partial charge in [-0.25, -0.2) is 0 Å². The van der Waals surface area contributed by atoms with Crippen LogP contribution < -0.4 is 14.8 Å². The number of nitrogens with zero attached hydrogens (tertiary/aromatic N) is 1. The fourth-order valence-electron chi connectivity index (χ4n) is 2.09. The number of phenolic OH excluding ortho intramolecular Hbond substituents is 1. The van der Waals surface area contributed by atoms with Gasteiger partial charge in [0.05, 0.1) is 23.5 Å². The lowest BCUT2D eigenvalue weighted by Crippen LogP contribution is -2.14. The van der Waals surface area contributed by atoms with Gasteiger partial charge < -0.3 is 19.9 Å². The van der Waals surface area contributed by atoms with Gasteiger partial charge in [-0.05, 0) is 58.5 Å². The van der Waals surface area contributed by atoms with Crippen LogP contribution in [0.2, 0.25) is 0 Å². The number of rotatable bonds is 5. The molecule has 0 aliphatic heterocycles. The maximum atomic E-state index is 12.4. The highest BCUT2D eigenvalue weighted by atomic mass is 127. The van der Waals surface area contributed by atoms with E-state index < -0.39 is 5.91 Å². The van der Waals surface area contributed by atoms with Crippen LogP contribution in [0.1, 0.15) is 5.56 Å². The van der Waals surface area contributed by atoms with Gasteiger partial charge in [0.25, 0.3) is 5.91 Å².